The largest absolute Gasteiger partial charge is 0.485 e. The second-order valence-corrected chi connectivity index (χ2v) is 10.1. The van der Waals surface area contributed by atoms with Crippen LogP contribution in [0, 0.1) is 34.0 Å². The summed E-state index contributed by atoms with van der Waals surface area (Å²) in [7, 11) is 0. The molecule has 0 fully saturated rings. The summed E-state index contributed by atoms with van der Waals surface area (Å²) >= 11 is 1.52. The highest BCUT2D eigenvalue weighted by Gasteiger charge is 2.38. The van der Waals surface area contributed by atoms with Crippen LogP contribution in [0.5, 0.6) is 11.5 Å². The van der Waals surface area contributed by atoms with Gasteiger partial charge in [-0.25, -0.2) is 0 Å². The Morgan fingerprint density at radius 2 is 1.50 bits per heavy atom. The molecule has 1 aromatic carbocycles. The summed E-state index contributed by atoms with van der Waals surface area (Å²) in [5.74, 6) is 1.38. The molecule has 0 aliphatic carbocycles. The molecule has 0 bridgehead atoms. The first-order valence-electron chi connectivity index (χ1n) is 12.4. The van der Waals surface area contributed by atoms with Crippen LogP contribution in [0.25, 0.3) is 18.2 Å². The zero-order valence-electron chi connectivity index (χ0n) is 21.9. The van der Waals surface area contributed by atoms with Gasteiger partial charge in [-0.2, -0.15) is 15.8 Å². The summed E-state index contributed by atoms with van der Waals surface area (Å²) in [6.45, 7) is 10.7. The quantitative estimate of drug-likeness (QED) is 0.382. The Morgan fingerprint density at radius 3 is 2.03 bits per heavy atom. The Labute approximate surface area is 227 Å². The smallest absolute Gasteiger partial charge is 0.180 e. The molecule has 192 valence electrons. The fraction of sp³-hybridized carbons (Fsp3) is 0.300. The molecular weight excluding hydrogens is 496 g/mol. The average Bonchev–Trinajstić information content (AvgIpc) is 3.41. The normalized spacial score (nSPS) is 15.8. The number of nitriles is 3. The molecule has 7 nitrogen and oxygen atoms in total. The number of rotatable bonds is 7. The molecule has 0 saturated carbocycles. The van der Waals surface area contributed by atoms with Gasteiger partial charge in [0.2, 0.25) is 0 Å². The van der Waals surface area contributed by atoms with Crippen molar-refractivity contribution in [1.29, 1.82) is 15.8 Å². The minimum absolute atomic E-state index is 0.0191. The SMILES string of the molecule is CCN(CC)c1ccc(/C=C/c2sc(/C=C/C3=C(C#N)C(=C(C#N)C#N)OC3(C)C)c3c2OCCO3)cc1. The number of nitrogens with zero attached hydrogens (tertiary/aromatic N) is 4. The Morgan fingerprint density at radius 1 is 0.921 bits per heavy atom. The monoisotopic (exact) mass is 524 g/mol. The second kappa shape index (κ2) is 11.3. The molecule has 1 aromatic heterocycles. The summed E-state index contributed by atoms with van der Waals surface area (Å²) < 4.78 is 17.8. The maximum atomic E-state index is 9.80. The minimum atomic E-state index is -0.884. The van der Waals surface area contributed by atoms with Crippen LogP contribution in [0.4, 0.5) is 5.69 Å². The topological polar surface area (TPSA) is 102 Å². The first kappa shape index (κ1) is 26.6. The van der Waals surface area contributed by atoms with E-state index >= 15 is 0 Å². The average molecular weight is 525 g/mol. The van der Waals surface area contributed by atoms with Crippen molar-refractivity contribution in [2.45, 2.75) is 33.3 Å². The fourth-order valence-corrected chi connectivity index (χ4v) is 5.41. The lowest BCUT2D eigenvalue weighted by molar-refractivity contribution is 0.0954. The molecule has 0 N–H and O–H groups in total. The Bertz CT molecular complexity index is 1450. The van der Waals surface area contributed by atoms with Gasteiger partial charge in [-0.15, -0.1) is 11.3 Å². The van der Waals surface area contributed by atoms with Crippen LogP contribution in [0.2, 0.25) is 0 Å². The van der Waals surface area contributed by atoms with E-state index in [1.54, 1.807) is 19.9 Å². The van der Waals surface area contributed by atoms with Gasteiger partial charge >= 0.3 is 0 Å². The predicted molar refractivity (Wildman–Crippen MR) is 149 cm³/mol. The number of benzene rings is 1. The molecule has 8 heteroatoms. The van der Waals surface area contributed by atoms with Crippen molar-refractivity contribution in [2.24, 2.45) is 0 Å². The van der Waals surface area contributed by atoms with Crippen molar-refractivity contribution < 1.29 is 14.2 Å². The van der Waals surface area contributed by atoms with Crippen LogP contribution in [-0.4, -0.2) is 31.9 Å². The number of anilines is 1. The van der Waals surface area contributed by atoms with E-state index in [1.807, 2.05) is 24.3 Å². The number of ether oxygens (including phenoxy) is 3. The van der Waals surface area contributed by atoms with E-state index in [2.05, 4.69) is 55.2 Å². The lowest BCUT2D eigenvalue weighted by atomic mass is 9.94. The zero-order chi connectivity index (χ0) is 27.3. The van der Waals surface area contributed by atoms with Gasteiger partial charge in [-0.1, -0.05) is 24.3 Å². The molecule has 0 saturated heterocycles. The van der Waals surface area contributed by atoms with Gasteiger partial charge in [0.25, 0.3) is 0 Å². The second-order valence-electron chi connectivity index (χ2n) is 9.06. The van der Waals surface area contributed by atoms with E-state index in [0.717, 1.165) is 28.4 Å². The lowest BCUT2D eigenvalue weighted by Gasteiger charge is -2.20. The highest BCUT2D eigenvalue weighted by Crippen LogP contribution is 2.47. The molecule has 4 rings (SSSR count). The molecule has 3 heterocycles. The van der Waals surface area contributed by atoms with Crippen LogP contribution in [-0.2, 0) is 4.74 Å². The lowest BCUT2D eigenvalue weighted by Crippen LogP contribution is -2.21. The molecule has 0 unspecified atom stereocenters. The van der Waals surface area contributed by atoms with Gasteiger partial charge in [0.1, 0.15) is 42.6 Å². The van der Waals surface area contributed by atoms with Crippen LogP contribution in [0.3, 0.4) is 0 Å². The number of hydrogen-bond donors (Lipinski definition) is 0. The molecule has 0 atom stereocenters. The minimum Gasteiger partial charge on any atom is -0.485 e. The highest BCUT2D eigenvalue weighted by molar-refractivity contribution is 7.14. The first-order chi connectivity index (χ1) is 18.4. The van der Waals surface area contributed by atoms with Crippen LogP contribution >= 0.6 is 11.3 Å². The number of allylic oxidation sites excluding steroid dienone is 2. The third-order valence-corrected chi connectivity index (χ3v) is 7.45. The van der Waals surface area contributed by atoms with E-state index < -0.39 is 5.60 Å². The van der Waals surface area contributed by atoms with Crippen molar-refractivity contribution in [2.75, 3.05) is 31.2 Å². The first-order valence-corrected chi connectivity index (χ1v) is 13.2. The molecule has 2 aliphatic rings. The van der Waals surface area contributed by atoms with Crippen molar-refractivity contribution in [3.05, 3.63) is 68.1 Å². The standard InChI is InChI=1S/C30H28N4O3S/c1-5-34(6-2)22-10-7-20(8-11-22)9-13-25-28-29(36-16-15-35-28)26(38-25)14-12-24-23(19-33)27(21(17-31)18-32)37-30(24,3)4/h7-14H,5-6,15-16H2,1-4H3/b13-9+,14-12+. The highest BCUT2D eigenvalue weighted by atomic mass is 32.1. The molecule has 2 aromatic rings. The molecule has 38 heavy (non-hydrogen) atoms. The van der Waals surface area contributed by atoms with E-state index in [-0.39, 0.29) is 16.9 Å². The number of fused-ring (bicyclic) bond motifs is 1. The van der Waals surface area contributed by atoms with E-state index in [1.165, 1.54) is 17.0 Å². The van der Waals surface area contributed by atoms with Gasteiger partial charge in [0.05, 0.1) is 9.75 Å². The van der Waals surface area contributed by atoms with Gasteiger partial charge in [-0.05, 0) is 57.5 Å². The summed E-state index contributed by atoms with van der Waals surface area (Å²) in [6, 6.07) is 14.2. The summed E-state index contributed by atoms with van der Waals surface area (Å²) in [6.07, 6.45) is 7.74. The Hall–Kier alpha value is -4.45. The van der Waals surface area contributed by atoms with Gasteiger partial charge < -0.3 is 19.1 Å². The summed E-state index contributed by atoms with van der Waals surface area (Å²) in [5.41, 5.74) is 1.94. The number of thiophene rings is 1. The van der Waals surface area contributed by atoms with Crippen LogP contribution in [0.1, 0.15) is 43.0 Å². The van der Waals surface area contributed by atoms with Crippen molar-refractivity contribution in [3.63, 3.8) is 0 Å². The maximum Gasteiger partial charge on any atom is 0.180 e. The maximum absolute atomic E-state index is 9.80. The fourth-order valence-electron chi connectivity index (χ4n) is 4.41. The summed E-state index contributed by atoms with van der Waals surface area (Å²) in [4.78, 5) is 4.08. The van der Waals surface area contributed by atoms with E-state index in [0.29, 0.717) is 30.3 Å². The molecular formula is C30H28N4O3S. The molecule has 0 amide bonds. The van der Waals surface area contributed by atoms with Crippen molar-refractivity contribution in [3.8, 4) is 29.7 Å². The van der Waals surface area contributed by atoms with Crippen LogP contribution in [0.15, 0.2) is 52.8 Å². The third kappa shape index (κ3) is 5.16. The van der Waals surface area contributed by atoms with E-state index in [4.69, 9.17) is 14.2 Å². The molecule has 0 radical (unpaired) electrons. The van der Waals surface area contributed by atoms with Crippen LogP contribution < -0.4 is 14.4 Å². The van der Waals surface area contributed by atoms with E-state index in [9.17, 15) is 15.8 Å². The molecule has 0 spiro atoms. The number of hydrogen-bond acceptors (Lipinski definition) is 8. The van der Waals surface area contributed by atoms with Gasteiger partial charge in [0, 0.05) is 24.4 Å². The Kier molecular flexibility index (Phi) is 7.91. The summed E-state index contributed by atoms with van der Waals surface area (Å²) in [5, 5.41) is 28.4. The van der Waals surface area contributed by atoms with Gasteiger partial charge in [0.15, 0.2) is 22.8 Å². The van der Waals surface area contributed by atoms with Crippen molar-refractivity contribution in [1.82, 2.24) is 0 Å². The van der Waals surface area contributed by atoms with Crippen molar-refractivity contribution >= 4 is 35.3 Å². The molecule has 2 aliphatic heterocycles. The Balaban J connectivity index is 1.67. The predicted octanol–water partition coefficient (Wildman–Crippen LogP) is 6.48. The zero-order valence-corrected chi connectivity index (χ0v) is 22.7. The van der Waals surface area contributed by atoms with Gasteiger partial charge in [-0.3, -0.25) is 0 Å². The third-order valence-electron chi connectivity index (χ3n) is 6.36.